The maximum atomic E-state index is 8.51. The van der Waals surface area contributed by atoms with Gasteiger partial charge in [-0.1, -0.05) is 49.1 Å². The van der Waals surface area contributed by atoms with Crippen molar-refractivity contribution in [3.05, 3.63) is 29.8 Å². The molecule has 0 aliphatic carbocycles. The molecule has 0 unspecified atom stereocenters. The molecule has 1 aromatic carbocycles. The molecule has 0 aliphatic rings. The second kappa shape index (κ2) is 3.76. The second-order valence-corrected chi connectivity index (χ2v) is 9.36. The fourth-order valence-corrected chi connectivity index (χ4v) is 2.38. The molecule has 0 saturated carbocycles. The van der Waals surface area contributed by atoms with Gasteiger partial charge in [-0.2, -0.15) is 5.26 Å². The molecule has 0 bridgehead atoms. The van der Waals surface area contributed by atoms with Gasteiger partial charge in [-0.3, -0.25) is 0 Å². The van der Waals surface area contributed by atoms with Gasteiger partial charge < -0.3 is 0 Å². The molecule has 0 aromatic heterocycles. The standard InChI is InChI=1S/C11H15NSi/c1-13(2,3)11-6-4-10(5-7-11)8-9-12/h4-7H,8H2,1-3H3. The highest BCUT2D eigenvalue weighted by Gasteiger charge is 2.15. The lowest BCUT2D eigenvalue weighted by Crippen LogP contribution is -2.37. The first-order chi connectivity index (χ1) is 6.04. The van der Waals surface area contributed by atoms with Crippen molar-refractivity contribution >= 4 is 13.3 Å². The van der Waals surface area contributed by atoms with Gasteiger partial charge in [0.25, 0.3) is 0 Å². The van der Waals surface area contributed by atoms with E-state index in [2.05, 4.69) is 50.0 Å². The van der Waals surface area contributed by atoms with Gasteiger partial charge in [-0.05, 0) is 5.56 Å². The van der Waals surface area contributed by atoms with E-state index in [9.17, 15) is 0 Å². The fourth-order valence-electron chi connectivity index (χ4n) is 1.21. The van der Waals surface area contributed by atoms with E-state index in [0.717, 1.165) is 5.56 Å². The number of nitriles is 1. The van der Waals surface area contributed by atoms with Gasteiger partial charge in [-0.15, -0.1) is 0 Å². The van der Waals surface area contributed by atoms with Gasteiger partial charge in [0.15, 0.2) is 0 Å². The highest BCUT2D eigenvalue weighted by Crippen LogP contribution is 2.04. The van der Waals surface area contributed by atoms with Crippen molar-refractivity contribution in [2.45, 2.75) is 26.1 Å². The lowest BCUT2D eigenvalue weighted by atomic mass is 10.2. The topological polar surface area (TPSA) is 23.8 Å². The third-order valence-corrected chi connectivity index (χ3v) is 4.17. The molecule has 0 saturated heterocycles. The quantitative estimate of drug-likeness (QED) is 0.655. The summed E-state index contributed by atoms with van der Waals surface area (Å²) in [6, 6.07) is 10.6. The lowest BCUT2D eigenvalue weighted by molar-refractivity contribution is 1.27. The van der Waals surface area contributed by atoms with Crippen LogP contribution in [0.2, 0.25) is 19.6 Å². The van der Waals surface area contributed by atoms with E-state index < -0.39 is 8.07 Å². The molecule has 0 atom stereocenters. The minimum atomic E-state index is -1.16. The van der Waals surface area contributed by atoms with Crippen LogP contribution >= 0.6 is 0 Å². The van der Waals surface area contributed by atoms with Crippen molar-refractivity contribution < 1.29 is 0 Å². The van der Waals surface area contributed by atoms with Gasteiger partial charge in [0.1, 0.15) is 0 Å². The highest BCUT2D eigenvalue weighted by molar-refractivity contribution is 6.88. The van der Waals surface area contributed by atoms with Crippen LogP contribution in [0.15, 0.2) is 24.3 Å². The summed E-state index contributed by atoms with van der Waals surface area (Å²) in [5, 5.41) is 9.96. The Morgan fingerprint density at radius 3 is 2.08 bits per heavy atom. The molecule has 0 heterocycles. The van der Waals surface area contributed by atoms with Crippen LogP contribution in [0.4, 0.5) is 0 Å². The van der Waals surface area contributed by atoms with Crippen molar-refractivity contribution in [2.75, 3.05) is 0 Å². The molecule has 13 heavy (non-hydrogen) atoms. The zero-order chi connectivity index (χ0) is 9.90. The van der Waals surface area contributed by atoms with Gasteiger partial charge >= 0.3 is 0 Å². The summed E-state index contributed by atoms with van der Waals surface area (Å²) in [5.41, 5.74) is 1.12. The number of rotatable bonds is 2. The van der Waals surface area contributed by atoms with Crippen LogP contribution in [0.1, 0.15) is 5.56 Å². The van der Waals surface area contributed by atoms with Crippen molar-refractivity contribution in [2.24, 2.45) is 0 Å². The van der Waals surface area contributed by atoms with Crippen LogP contribution in [0, 0.1) is 11.3 Å². The molecule has 0 amide bonds. The third kappa shape index (κ3) is 2.71. The van der Waals surface area contributed by atoms with Crippen molar-refractivity contribution in [3.8, 4) is 6.07 Å². The maximum absolute atomic E-state index is 8.51. The van der Waals surface area contributed by atoms with Gasteiger partial charge in [0, 0.05) is 0 Å². The molecule has 1 aromatic rings. The third-order valence-electron chi connectivity index (χ3n) is 2.10. The summed E-state index contributed by atoms with van der Waals surface area (Å²) >= 11 is 0. The van der Waals surface area contributed by atoms with E-state index in [0.29, 0.717) is 6.42 Å². The summed E-state index contributed by atoms with van der Waals surface area (Å²) in [5.74, 6) is 0. The molecule has 1 rings (SSSR count). The Balaban J connectivity index is 2.89. The van der Waals surface area contributed by atoms with E-state index in [1.165, 1.54) is 5.19 Å². The molecule has 0 N–H and O–H groups in total. The largest absolute Gasteiger partial charge is 0.198 e. The monoisotopic (exact) mass is 189 g/mol. The number of benzene rings is 1. The molecule has 0 radical (unpaired) electrons. The molecule has 2 heteroatoms. The molecule has 0 fully saturated rings. The normalized spacial score (nSPS) is 10.9. The summed E-state index contributed by atoms with van der Waals surface area (Å²) in [6.45, 7) is 6.98. The van der Waals surface area contributed by atoms with Crippen LogP contribution in [0.25, 0.3) is 0 Å². The first kappa shape index (κ1) is 10.0. The molecule has 0 spiro atoms. The Morgan fingerprint density at radius 1 is 1.15 bits per heavy atom. The Bertz CT molecular complexity index is 313. The fraction of sp³-hybridized carbons (Fsp3) is 0.364. The minimum absolute atomic E-state index is 0.520. The van der Waals surface area contributed by atoms with Gasteiger partial charge in [-0.25, -0.2) is 0 Å². The first-order valence-electron chi connectivity index (χ1n) is 4.50. The molecule has 0 aliphatic heterocycles. The Hall–Kier alpha value is -1.07. The van der Waals surface area contributed by atoms with Crippen molar-refractivity contribution in [1.82, 2.24) is 0 Å². The van der Waals surface area contributed by atoms with Gasteiger partial charge in [0.2, 0.25) is 0 Å². The predicted octanol–water partition coefficient (Wildman–Crippen LogP) is 2.30. The summed E-state index contributed by atoms with van der Waals surface area (Å²) < 4.78 is 0. The van der Waals surface area contributed by atoms with E-state index in [4.69, 9.17) is 5.26 Å². The molecule has 68 valence electrons. The number of hydrogen-bond donors (Lipinski definition) is 0. The van der Waals surface area contributed by atoms with E-state index in [1.807, 2.05) is 0 Å². The summed E-state index contributed by atoms with van der Waals surface area (Å²) in [4.78, 5) is 0. The van der Waals surface area contributed by atoms with E-state index in [-0.39, 0.29) is 0 Å². The first-order valence-corrected chi connectivity index (χ1v) is 8.00. The minimum Gasteiger partial charge on any atom is -0.198 e. The molecular formula is C11H15NSi. The van der Waals surface area contributed by atoms with Crippen LogP contribution in [-0.4, -0.2) is 8.07 Å². The molecule has 1 nitrogen and oxygen atoms in total. The zero-order valence-electron chi connectivity index (χ0n) is 8.46. The summed E-state index contributed by atoms with van der Waals surface area (Å²) in [7, 11) is -1.16. The van der Waals surface area contributed by atoms with Crippen LogP contribution < -0.4 is 5.19 Å². The molecular weight excluding hydrogens is 174 g/mol. The Labute approximate surface area is 81.0 Å². The van der Waals surface area contributed by atoms with Crippen LogP contribution in [-0.2, 0) is 6.42 Å². The SMILES string of the molecule is C[Si](C)(C)c1ccc(CC#N)cc1. The van der Waals surface area contributed by atoms with Crippen molar-refractivity contribution in [3.63, 3.8) is 0 Å². The van der Waals surface area contributed by atoms with Crippen molar-refractivity contribution in [1.29, 1.82) is 5.26 Å². The Kier molecular flexibility index (Phi) is 2.89. The maximum Gasteiger partial charge on any atom is 0.0775 e. The summed E-state index contributed by atoms with van der Waals surface area (Å²) in [6.07, 6.45) is 0.520. The van der Waals surface area contributed by atoms with E-state index >= 15 is 0 Å². The smallest absolute Gasteiger partial charge is 0.0775 e. The van der Waals surface area contributed by atoms with Crippen LogP contribution in [0.5, 0.6) is 0 Å². The number of nitrogens with zero attached hydrogens (tertiary/aromatic N) is 1. The highest BCUT2D eigenvalue weighted by atomic mass is 28.3. The van der Waals surface area contributed by atoms with Gasteiger partial charge in [0.05, 0.1) is 20.6 Å². The Morgan fingerprint density at radius 2 is 1.69 bits per heavy atom. The zero-order valence-corrected chi connectivity index (χ0v) is 9.46. The average molecular weight is 189 g/mol. The van der Waals surface area contributed by atoms with Crippen LogP contribution in [0.3, 0.4) is 0 Å². The second-order valence-electron chi connectivity index (χ2n) is 4.28. The number of hydrogen-bond acceptors (Lipinski definition) is 1. The lowest BCUT2D eigenvalue weighted by Gasteiger charge is -2.16. The average Bonchev–Trinajstić information content (AvgIpc) is 2.04. The predicted molar refractivity (Wildman–Crippen MR) is 58.7 cm³/mol. The van der Waals surface area contributed by atoms with E-state index in [1.54, 1.807) is 0 Å².